The maximum atomic E-state index is 11.8. The number of rotatable bonds is 6. The largest absolute Gasteiger partial charge is 0.272 e. The second-order valence-electron chi connectivity index (χ2n) is 4.79. The van der Waals surface area contributed by atoms with Crippen LogP contribution in [-0.4, -0.2) is 34.1 Å². The fourth-order valence-electron chi connectivity index (χ4n) is 1.79. The van der Waals surface area contributed by atoms with Crippen molar-refractivity contribution >= 4 is 35.6 Å². The molecule has 0 saturated carbocycles. The van der Waals surface area contributed by atoms with Gasteiger partial charge in [0.2, 0.25) is 0 Å². The number of hydrogen-bond donors (Lipinski definition) is 1. The molecule has 1 aromatic heterocycles. The fourth-order valence-corrected chi connectivity index (χ4v) is 2.94. The van der Waals surface area contributed by atoms with Crippen LogP contribution in [-0.2, 0) is 4.79 Å². The van der Waals surface area contributed by atoms with Gasteiger partial charge in [0.25, 0.3) is 5.91 Å². The Labute approximate surface area is 144 Å². The van der Waals surface area contributed by atoms with Crippen molar-refractivity contribution in [1.82, 2.24) is 15.4 Å². The van der Waals surface area contributed by atoms with Crippen LogP contribution in [0, 0.1) is 13.8 Å². The van der Waals surface area contributed by atoms with Crippen LogP contribution >= 0.6 is 23.5 Å². The van der Waals surface area contributed by atoms with Gasteiger partial charge in [0, 0.05) is 16.3 Å². The minimum Gasteiger partial charge on any atom is -0.272 e. The summed E-state index contributed by atoms with van der Waals surface area (Å²) >= 11 is 2.98. The predicted octanol–water partition coefficient (Wildman–Crippen LogP) is 3.06. The topological polar surface area (TPSA) is 67.2 Å². The third-order valence-electron chi connectivity index (χ3n) is 2.81. The zero-order chi connectivity index (χ0) is 16.7. The monoisotopic (exact) mass is 346 g/mol. The molecule has 2 rings (SSSR count). The van der Waals surface area contributed by atoms with Crippen LogP contribution in [0.3, 0.4) is 0 Å². The van der Waals surface area contributed by atoms with Crippen LogP contribution in [0.1, 0.15) is 17.0 Å². The smallest absolute Gasteiger partial charge is 0.250 e. The summed E-state index contributed by atoms with van der Waals surface area (Å²) in [5.41, 5.74) is 5.24. The van der Waals surface area contributed by atoms with Crippen molar-refractivity contribution in [2.24, 2.45) is 5.10 Å². The number of hydrazone groups is 1. The van der Waals surface area contributed by atoms with Gasteiger partial charge in [0.15, 0.2) is 5.16 Å². The van der Waals surface area contributed by atoms with Crippen LogP contribution in [0.15, 0.2) is 45.5 Å². The van der Waals surface area contributed by atoms with E-state index in [1.54, 1.807) is 18.0 Å². The Morgan fingerprint density at radius 3 is 2.48 bits per heavy atom. The molecule has 0 aliphatic carbocycles. The maximum absolute atomic E-state index is 11.8. The minimum absolute atomic E-state index is 0.185. The van der Waals surface area contributed by atoms with Crippen LogP contribution in [0.5, 0.6) is 0 Å². The summed E-state index contributed by atoms with van der Waals surface area (Å²) in [5, 5.41) is 4.56. The number of aromatic nitrogens is 2. The summed E-state index contributed by atoms with van der Waals surface area (Å²) in [6.07, 6.45) is 3.65. The molecule has 0 radical (unpaired) electrons. The van der Waals surface area contributed by atoms with Crippen molar-refractivity contribution in [3.05, 3.63) is 47.3 Å². The van der Waals surface area contributed by atoms with Crippen LogP contribution in [0.2, 0.25) is 0 Å². The molecule has 1 aromatic carbocycles. The van der Waals surface area contributed by atoms with Gasteiger partial charge in [-0.15, -0.1) is 11.8 Å². The molecule has 2 aromatic rings. The van der Waals surface area contributed by atoms with E-state index < -0.39 is 0 Å². The highest BCUT2D eigenvalue weighted by Gasteiger charge is 2.05. The van der Waals surface area contributed by atoms with Crippen molar-refractivity contribution in [1.29, 1.82) is 0 Å². The van der Waals surface area contributed by atoms with Gasteiger partial charge in [-0.2, -0.15) is 5.10 Å². The quantitative estimate of drug-likeness (QED) is 0.377. The van der Waals surface area contributed by atoms with Crippen LogP contribution in [0.4, 0.5) is 0 Å². The van der Waals surface area contributed by atoms with E-state index in [2.05, 4.69) is 20.5 Å². The molecule has 5 nitrogen and oxygen atoms in total. The first-order valence-electron chi connectivity index (χ1n) is 6.98. The van der Waals surface area contributed by atoms with Crippen molar-refractivity contribution < 1.29 is 4.79 Å². The average Bonchev–Trinajstić information content (AvgIpc) is 2.53. The Kier molecular flexibility index (Phi) is 6.61. The molecule has 0 unspecified atom stereocenters. The van der Waals surface area contributed by atoms with Crippen LogP contribution in [0.25, 0.3) is 0 Å². The lowest BCUT2D eigenvalue weighted by Gasteiger charge is -2.02. The molecule has 0 aliphatic heterocycles. The van der Waals surface area contributed by atoms with Crippen molar-refractivity contribution in [2.45, 2.75) is 23.9 Å². The molecule has 0 atom stereocenters. The SMILES string of the molecule is CSc1ccc(/C=N/NC(=O)CSc2nc(C)cc(C)n2)cc1. The molecule has 0 saturated heterocycles. The van der Waals surface area contributed by atoms with Gasteiger partial charge >= 0.3 is 0 Å². The highest BCUT2D eigenvalue weighted by Crippen LogP contribution is 2.14. The Morgan fingerprint density at radius 2 is 1.87 bits per heavy atom. The molecule has 0 fully saturated rings. The molecular weight excluding hydrogens is 328 g/mol. The van der Waals surface area contributed by atoms with E-state index in [4.69, 9.17) is 0 Å². The number of hydrogen-bond acceptors (Lipinski definition) is 6. The lowest BCUT2D eigenvalue weighted by Crippen LogP contribution is -2.19. The molecule has 1 heterocycles. The van der Waals surface area contributed by atoms with Gasteiger partial charge in [0.05, 0.1) is 12.0 Å². The van der Waals surface area contributed by atoms with Gasteiger partial charge in [-0.25, -0.2) is 15.4 Å². The van der Waals surface area contributed by atoms with Gasteiger partial charge in [-0.1, -0.05) is 23.9 Å². The molecule has 0 aliphatic rings. The summed E-state index contributed by atoms with van der Waals surface area (Å²) in [4.78, 5) is 21.5. The molecule has 23 heavy (non-hydrogen) atoms. The predicted molar refractivity (Wildman–Crippen MR) is 96.2 cm³/mol. The number of benzene rings is 1. The lowest BCUT2D eigenvalue weighted by molar-refractivity contribution is -0.118. The maximum Gasteiger partial charge on any atom is 0.250 e. The van der Waals surface area contributed by atoms with E-state index in [-0.39, 0.29) is 11.7 Å². The number of carbonyl (C=O) groups is 1. The fraction of sp³-hybridized carbons (Fsp3) is 0.250. The number of aryl methyl sites for hydroxylation is 2. The van der Waals surface area contributed by atoms with E-state index in [1.807, 2.05) is 50.4 Å². The Morgan fingerprint density at radius 1 is 1.22 bits per heavy atom. The standard InChI is InChI=1S/C16H18N4OS2/c1-11-8-12(2)19-16(18-11)23-10-15(21)20-17-9-13-4-6-14(22-3)7-5-13/h4-9H,10H2,1-3H3,(H,20,21)/b17-9+. The Balaban J connectivity index is 1.81. The minimum atomic E-state index is -0.185. The highest BCUT2D eigenvalue weighted by atomic mass is 32.2. The van der Waals surface area contributed by atoms with E-state index in [0.29, 0.717) is 5.16 Å². The summed E-state index contributed by atoms with van der Waals surface area (Å²) < 4.78 is 0. The summed E-state index contributed by atoms with van der Waals surface area (Å²) in [7, 11) is 0. The average molecular weight is 346 g/mol. The third-order valence-corrected chi connectivity index (χ3v) is 4.40. The molecule has 7 heteroatoms. The highest BCUT2D eigenvalue weighted by molar-refractivity contribution is 7.99. The van der Waals surface area contributed by atoms with E-state index in [1.165, 1.54) is 16.7 Å². The van der Waals surface area contributed by atoms with E-state index in [9.17, 15) is 4.79 Å². The first-order valence-corrected chi connectivity index (χ1v) is 9.19. The number of thioether (sulfide) groups is 2. The van der Waals surface area contributed by atoms with Gasteiger partial charge in [-0.3, -0.25) is 4.79 Å². The summed E-state index contributed by atoms with van der Waals surface area (Å²) in [6, 6.07) is 9.85. The molecule has 1 amide bonds. The Hall–Kier alpha value is -1.86. The number of nitrogens with one attached hydrogen (secondary N) is 1. The zero-order valence-corrected chi connectivity index (χ0v) is 14.9. The lowest BCUT2D eigenvalue weighted by atomic mass is 10.2. The summed E-state index contributed by atoms with van der Waals surface area (Å²) in [5.74, 6) is 0.0424. The second-order valence-corrected chi connectivity index (χ2v) is 6.61. The normalized spacial score (nSPS) is 10.9. The first-order chi connectivity index (χ1) is 11.1. The molecular formula is C16H18N4OS2. The molecule has 120 valence electrons. The number of carbonyl (C=O) groups excluding carboxylic acids is 1. The zero-order valence-electron chi connectivity index (χ0n) is 13.2. The first kappa shape index (κ1) is 17.5. The molecule has 0 spiro atoms. The second kappa shape index (κ2) is 8.69. The van der Waals surface area contributed by atoms with Crippen molar-refractivity contribution in [3.63, 3.8) is 0 Å². The summed E-state index contributed by atoms with van der Waals surface area (Å²) in [6.45, 7) is 3.82. The third kappa shape index (κ3) is 6.03. The van der Waals surface area contributed by atoms with E-state index in [0.717, 1.165) is 17.0 Å². The van der Waals surface area contributed by atoms with Crippen molar-refractivity contribution in [2.75, 3.05) is 12.0 Å². The van der Waals surface area contributed by atoms with E-state index >= 15 is 0 Å². The Bertz CT molecular complexity index is 681. The van der Waals surface area contributed by atoms with Crippen molar-refractivity contribution in [3.8, 4) is 0 Å². The molecule has 0 bridgehead atoms. The molecule has 1 N–H and O–H groups in total. The van der Waals surface area contributed by atoms with Gasteiger partial charge in [0.1, 0.15) is 0 Å². The number of nitrogens with zero attached hydrogens (tertiary/aromatic N) is 3. The van der Waals surface area contributed by atoms with Gasteiger partial charge < -0.3 is 0 Å². The van der Waals surface area contributed by atoms with Crippen LogP contribution < -0.4 is 5.43 Å². The van der Waals surface area contributed by atoms with Gasteiger partial charge in [-0.05, 0) is 43.9 Å². The number of amides is 1.